The lowest BCUT2D eigenvalue weighted by atomic mass is 9.92. The molecule has 0 unspecified atom stereocenters. The van der Waals surface area contributed by atoms with Crippen LogP contribution in [-0.4, -0.2) is 10.9 Å². The highest BCUT2D eigenvalue weighted by atomic mass is 32.1. The molecular formula is C24H30N4OS. The molecule has 6 heteroatoms. The van der Waals surface area contributed by atoms with E-state index in [0.29, 0.717) is 23.9 Å². The van der Waals surface area contributed by atoms with Gasteiger partial charge in [0.2, 0.25) is 0 Å². The predicted octanol–water partition coefficient (Wildman–Crippen LogP) is 4.80. The Morgan fingerprint density at radius 2 is 1.80 bits per heavy atom. The number of carbonyl (C=O) groups excluding carboxylic acids is 1. The number of nitrogens with one attached hydrogen (secondary N) is 1. The number of nitrogens with zero attached hydrogens (tertiary/aromatic N) is 1. The third-order valence-corrected chi connectivity index (χ3v) is 6.17. The number of anilines is 1. The van der Waals surface area contributed by atoms with E-state index in [4.69, 9.17) is 16.5 Å². The number of benzene rings is 1. The van der Waals surface area contributed by atoms with E-state index in [9.17, 15) is 4.79 Å². The van der Waals surface area contributed by atoms with Crippen molar-refractivity contribution in [2.75, 3.05) is 5.32 Å². The van der Waals surface area contributed by atoms with Crippen molar-refractivity contribution in [3.8, 4) is 11.1 Å². The minimum Gasteiger partial charge on any atom is -0.326 e. The summed E-state index contributed by atoms with van der Waals surface area (Å²) in [6, 6.07) is 10.1. The van der Waals surface area contributed by atoms with Gasteiger partial charge in [0, 0.05) is 24.3 Å². The summed E-state index contributed by atoms with van der Waals surface area (Å²) >= 11 is 1.44. The SMILES string of the molecule is Cc1ccsc1C(=O)Nc1c(C)nc(CC(C)C)c(CN)c1-c1ccc(CN)cc1. The van der Waals surface area contributed by atoms with E-state index in [1.54, 1.807) is 0 Å². The fourth-order valence-corrected chi connectivity index (χ4v) is 4.45. The summed E-state index contributed by atoms with van der Waals surface area (Å²) in [5.74, 6) is 0.329. The lowest BCUT2D eigenvalue weighted by Gasteiger charge is -2.21. The zero-order valence-electron chi connectivity index (χ0n) is 18.1. The highest BCUT2D eigenvalue weighted by Crippen LogP contribution is 2.36. The van der Waals surface area contributed by atoms with E-state index in [2.05, 4.69) is 19.2 Å². The number of aromatic nitrogens is 1. The summed E-state index contributed by atoms with van der Waals surface area (Å²) in [7, 11) is 0. The Balaban J connectivity index is 2.18. The van der Waals surface area contributed by atoms with Crippen molar-refractivity contribution in [3.05, 3.63) is 68.7 Å². The Labute approximate surface area is 182 Å². The van der Waals surface area contributed by atoms with E-state index in [0.717, 1.165) is 51.3 Å². The second-order valence-electron chi connectivity index (χ2n) is 7.96. The minimum absolute atomic E-state index is 0.119. The number of hydrogen-bond acceptors (Lipinski definition) is 5. The number of rotatable bonds is 7. The molecule has 3 rings (SSSR count). The first-order chi connectivity index (χ1) is 14.3. The van der Waals surface area contributed by atoms with Crippen LogP contribution in [-0.2, 0) is 19.5 Å². The highest BCUT2D eigenvalue weighted by molar-refractivity contribution is 7.12. The fraction of sp³-hybridized carbons (Fsp3) is 0.333. The van der Waals surface area contributed by atoms with Gasteiger partial charge in [0.15, 0.2) is 0 Å². The molecule has 2 aromatic heterocycles. The van der Waals surface area contributed by atoms with E-state index in [-0.39, 0.29) is 5.91 Å². The van der Waals surface area contributed by atoms with E-state index in [1.165, 1.54) is 11.3 Å². The van der Waals surface area contributed by atoms with Gasteiger partial charge < -0.3 is 16.8 Å². The van der Waals surface area contributed by atoms with Gasteiger partial charge in [-0.05, 0) is 59.9 Å². The van der Waals surface area contributed by atoms with Gasteiger partial charge in [0.25, 0.3) is 5.91 Å². The molecule has 0 atom stereocenters. The molecular weight excluding hydrogens is 392 g/mol. The molecule has 5 nitrogen and oxygen atoms in total. The minimum atomic E-state index is -0.119. The smallest absolute Gasteiger partial charge is 0.266 e. The van der Waals surface area contributed by atoms with Crippen LogP contribution in [0.2, 0.25) is 0 Å². The molecule has 0 spiro atoms. The Bertz CT molecular complexity index is 1040. The Morgan fingerprint density at radius 1 is 1.10 bits per heavy atom. The maximum absolute atomic E-state index is 13.0. The normalized spacial score (nSPS) is 11.2. The molecule has 3 aromatic rings. The average molecular weight is 423 g/mol. The fourth-order valence-electron chi connectivity index (χ4n) is 3.63. The molecule has 30 heavy (non-hydrogen) atoms. The topological polar surface area (TPSA) is 94.0 Å². The van der Waals surface area contributed by atoms with E-state index >= 15 is 0 Å². The van der Waals surface area contributed by atoms with Crippen LogP contribution in [0.5, 0.6) is 0 Å². The van der Waals surface area contributed by atoms with Gasteiger partial charge in [-0.1, -0.05) is 38.1 Å². The quantitative estimate of drug-likeness (QED) is 0.510. The first-order valence-electron chi connectivity index (χ1n) is 10.2. The first-order valence-corrected chi connectivity index (χ1v) is 11.1. The standard InChI is InChI=1S/C24H30N4OS/c1-14(2)11-20-19(13-26)21(18-7-5-17(12-25)6-8-18)22(16(4)27-20)28-24(29)23-15(3)9-10-30-23/h5-10,14H,11-13,25-26H2,1-4H3,(H,28,29). The molecule has 0 aliphatic carbocycles. The van der Waals surface area contributed by atoms with Crippen LogP contribution in [0.4, 0.5) is 5.69 Å². The van der Waals surface area contributed by atoms with Gasteiger partial charge >= 0.3 is 0 Å². The summed E-state index contributed by atoms with van der Waals surface area (Å²) in [6.45, 7) is 9.06. The molecule has 0 saturated carbocycles. The van der Waals surface area contributed by atoms with Crippen LogP contribution in [0.3, 0.4) is 0 Å². The molecule has 0 bridgehead atoms. The molecule has 1 aromatic carbocycles. The monoisotopic (exact) mass is 422 g/mol. The van der Waals surface area contributed by atoms with Crippen molar-refractivity contribution in [3.63, 3.8) is 0 Å². The Kier molecular flexibility index (Phi) is 7.02. The molecule has 0 fully saturated rings. The number of thiophene rings is 1. The summed E-state index contributed by atoms with van der Waals surface area (Å²) < 4.78 is 0. The predicted molar refractivity (Wildman–Crippen MR) is 126 cm³/mol. The third-order valence-electron chi connectivity index (χ3n) is 5.16. The van der Waals surface area contributed by atoms with Gasteiger partial charge in [0.05, 0.1) is 16.3 Å². The number of nitrogens with two attached hydrogens (primary N) is 2. The second kappa shape index (κ2) is 9.51. The molecule has 1 amide bonds. The van der Waals surface area contributed by atoms with Crippen LogP contribution in [0, 0.1) is 19.8 Å². The summed E-state index contributed by atoms with van der Waals surface area (Å²) in [5.41, 5.74) is 19.5. The molecule has 0 aliphatic rings. The lowest BCUT2D eigenvalue weighted by molar-refractivity contribution is 0.103. The van der Waals surface area contributed by atoms with Crippen LogP contribution >= 0.6 is 11.3 Å². The number of hydrogen-bond donors (Lipinski definition) is 3. The molecule has 0 radical (unpaired) electrons. The van der Waals surface area contributed by atoms with Gasteiger partial charge in [-0.15, -0.1) is 11.3 Å². The van der Waals surface area contributed by atoms with E-state index in [1.807, 2.05) is 49.6 Å². The summed E-state index contributed by atoms with van der Waals surface area (Å²) in [5, 5.41) is 5.06. The first kappa shape index (κ1) is 22.2. The third kappa shape index (κ3) is 4.61. The van der Waals surface area contributed by atoms with Crippen LogP contribution in [0.25, 0.3) is 11.1 Å². The van der Waals surface area contributed by atoms with Crippen molar-refractivity contribution in [1.29, 1.82) is 0 Å². The Morgan fingerprint density at radius 3 is 2.33 bits per heavy atom. The molecule has 158 valence electrons. The lowest BCUT2D eigenvalue weighted by Crippen LogP contribution is -2.17. The van der Waals surface area contributed by atoms with Crippen molar-refractivity contribution < 1.29 is 4.79 Å². The zero-order chi connectivity index (χ0) is 21.8. The van der Waals surface area contributed by atoms with Gasteiger partial charge in [-0.2, -0.15) is 0 Å². The summed E-state index contributed by atoms with van der Waals surface area (Å²) in [6.07, 6.45) is 0.833. The van der Waals surface area contributed by atoms with Crippen LogP contribution in [0.1, 0.15) is 51.6 Å². The summed E-state index contributed by atoms with van der Waals surface area (Å²) in [4.78, 5) is 18.6. The highest BCUT2D eigenvalue weighted by Gasteiger charge is 2.22. The number of aryl methyl sites for hydroxylation is 2. The molecule has 0 saturated heterocycles. The van der Waals surface area contributed by atoms with Crippen LogP contribution < -0.4 is 16.8 Å². The number of amides is 1. The van der Waals surface area contributed by atoms with Crippen LogP contribution in [0.15, 0.2) is 35.7 Å². The molecule has 2 heterocycles. The van der Waals surface area contributed by atoms with Crippen molar-refractivity contribution in [2.45, 2.75) is 47.2 Å². The number of pyridine rings is 1. The second-order valence-corrected chi connectivity index (χ2v) is 8.88. The largest absolute Gasteiger partial charge is 0.326 e. The maximum Gasteiger partial charge on any atom is 0.266 e. The molecule has 5 N–H and O–H groups in total. The van der Waals surface area contributed by atoms with Crippen molar-refractivity contribution in [2.24, 2.45) is 17.4 Å². The molecule has 0 aliphatic heterocycles. The maximum atomic E-state index is 13.0. The van der Waals surface area contributed by atoms with E-state index < -0.39 is 0 Å². The van der Waals surface area contributed by atoms with Crippen molar-refractivity contribution in [1.82, 2.24) is 4.98 Å². The zero-order valence-corrected chi connectivity index (χ0v) is 18.9. The average Bonchev–Trinajstić information content (AvgIpc) is 3.15. The number of carbonyl (C=O) groups is 1. The Hall–Kier alpha value is -2.54. The van der Waals surface area contributed by atoms with Gasteiger partial charge in [-0.25, -0.2) is 0 Å². The van der Waals surface area contributed by atoms with Gasteiger partial charge in [-0.3, -0.25) is 9.78 Å². The van der Waals surface area contributed by atoms with Crippen molar-refractivity contribution >= 4 is 22.9 Å². The van der Waals surface area contributed by atoms with Gasteiger partial charge in [0.1, 0.15) is 0 Å².